The Labute approximate surface area is 644 Å². The van der Waals surface area contributed by atoms with Crippen LogP contribution in [0.2, 0.25) is 5.02 Å². The van der Waals surface area contributed by atoms with E-state index in [1.807, 2.05) is 82.6 Å². The Morgan fingerprint density at radius 3 is 2.24 bits per heavy atom. The lowest BCUT2D eigenvalue weighted by Gasteiger charge is -2.42. The monoisotopic (exact) mass is 1530 g/mol. The molecule has 0 radical (unpaired) electrons. The van der Waals surface area contributed by atoms with E-state index >= 15 is 0 Å². The van der Waals surface area contributed by atoms with Gasteiger partial charge in [-0.05, 0) is 166 Å². The summed E-state index contributed by atoms with van der Waals surface area (Å²) in [5, 5.41) is 34.2. The molecule has 0 bridgehead atoms. The highest BCUT2D eigenvalue weighted by Gasteiger charge is 2.45. The highest BCUT2D eigenvalue weighted by Crippen LogP contribution is 2.44. The van der Waals surface area contributed by atoms with Crippen molar-refractivity contribution in [2.45, 2.75) is 180 Å². The standard InChI is InChI=1S/C82H106ClN13O10S2/c1-54(57-17-19-59(20-18-57)75-55(2)87-53-107-75)88-79(100)72-46-65(97)52-95(72)80(101)76(81(3,4)5)89-74(98)14-12-10-8-9-11-13-35-91-36-40-93(41-37-91)63-25-15-56(16-26-63)49-85-70-30-28-67(47-71(70)96(102)103)108(104,105)90-78(99)68-29-27-64(45-73(68)106-66-44-60-32-34-84-77(60)86-50-66)94-42-38-92(39-43-94)51-61-31-33-82(6,7)48-69(61)58-21-23-62(83)24-22-58/h17-24,27-30,32,34,44-45,47,50,53-54,56,63,65,72,76,85,97H,8-16,25-26,31,33,35-43,46,48-49,51-52H2,1-7H3,(H,84,86)(H,88,100)(H,89,98)(H,90,99)/t54-,56?,63?,65+,72-,76?/m0/s1. The number of nitro benzene ring substituents is 1. The van der Waals surface area contributed by atoms with E-state index in [1.165, 1.54) is 39.9 Å². The minimum Gasteiger partial charge on any atom is -0.455 e. The van der Waals surface area contributed by atoms with Gasteiger partial charge >= 0.3 is 0 Å². The van der Waals surface area contributed by atoms with Gasteiger partial charge in [-0.25, -0.2) is 23.1 Å². The van der Waals surface area contributed by atoms with Gasteiger partial charge in [0.25, 0.3) is 21.6 Å². The number of allylic oxidation sites excluding steroid dienone is 1. The predicted octanol–water partition coefficient (Wildman–Crippen LogP) is 13.9. The second kappa shape index (κ2) is 35.2. The highest BCUT2D eigenvalue weighted by molar-refractivity contribution is 7.90. The van der Waals surface area contributed by atoms with Gasteiger partial charge in [-0.2, -0.15) is 0 Å². The number of carbonyl (C=O) groups excluding carboxylic acids is 4. The Hall–Kier alpha value is -8.30. The van der Waals surface area contributed by atoms with E-state index in [4.69, 9.17) is 16.3 Å². The maximum atomic E-state index is 14.3. The maximum absolute atomic E-state index is 14.3. The zero-order valence-corrected chi connectivity index (χ0v) is 65.8. The van der Waals surface area contributed by atoms with Gasteiger partial charge in [0.15, 0.2) is 0 Å². The number of rotatable bonds is 29. The van der Waals surface area contributed by atoms with Crippen molar-refractivity contribution in [3.8, 4) is 21.9 Å². The molecule has 3 saturated heterocycles. The van der Waals surface area contributed by atoms with E-state index in [0.717, 1.165) is 173 Å². The van der Waals surface area contributed by atoms with Crippen molar-refractivity contribution in [1.29, 1.82) is 0 Å². The predicted molar refractivity (Wildman–Crippen MR) is 426 cm³/mol. The largest absolute Gasteiger partial charge is 0.455 e. The molecule has 0 spiro atoms. The number of β-amino-alcohol motifs (C(OH)–C–C–N with tert-alkyl or cyclic N) is 1. The van der Waals surface area contributed by atoms with Crippen LogP contribution in [0.15, 0.2) is 125 Å². The molecule has 2 aliphatic carbocycles. The first kappa shape index (κ1) is 79.3. The average molecular weight is 1530 g/mol. The van der Waals surface area contributed by atoms with Gasteiger partial charge in [0, 0.05) is 125 Å². The third kappa shape index (κ3) is 20.2. The lowest BCUT2D eigenvalue weighted by Crippen LogP contribution is -2.57. The van der Waals surface area contributed by atoms with Crippen LogP contribution in [0.25, 0.3) is 27.0 Å². The first-order chi connectivity index (χ1) is 51.7. The molecule has 3 aliphatic heterocycles. The van der Waals surface area contributed by atoms with Crippen molar-refractivity contribution >= 4 is 90.3 Å². The van der Waals surface area contributed by atoms with Crippen molar-refractivity contribution in [2.24, 2.45) is 16.7 Å². The minimum atomic E-state index is -4.63. The number of hydrogen-bond acceptors (Lipinski definition) is 18. The number of aromatic amines is 1. The van der Waals surface area contributed by atoms with E-state index < -0.39 is 55.0 Å². The van der Waals surface area contributed by atoms with Crippen LogP contribution in [-0.4, -0.2) is 179 Å². The number of pyridine rings is 1. The molecule has 4 atom stereocenters. The second-order valence-electron chi connectivity index (χ2n) is 32.1. The number of benzene rings is 4. The van der Waals surface area contributed by atoms with Crippen LogP contribution in [0.3, 0.4) is 0 Å². The van der Waals surface area contributed by atoms with Gasteiger partial charge < -0.3 is 45.5 Å². The molecule has 4 fully saturated rings. The molecular formula is C82H106ClN13O10S2. The number of aromatic nitrogens is 3. The van der Waals surface area contributed by atoms with Crippen LogP contribution in [0.5, 0.6) is 11.5 Å². The molecule has 3 aromatic heterocycles. The number of nitrogens with one attached hydrogen (secondary N) is 5. The van der Waals surface area contributed by atoms with Crippen LogP contribution in [-0.2, 0) is 24.4 Å². The number of halogens is 1. The third-order valence-corrected chi connectivity index (χ3v) is 25.1. The normalized spacial score (nSPS) is 20.3. The fourth-order valence-electron chi connectivity index (χ4n) is 16.1. The molecule has 23 nitrogen and oxygen atoms in total. The van der Waals surface area contributed by atoms with Gasteiger partial charge in [-0.15, -0.1) is 11.3 Å². The molecular weight excluding hydrogens is 1430 g/mol. The van der Waals surface area contributed by atoms with E-state index in [2.05, 4.69) is 81.2 Å². The lowest BCUT2D eigenvalue weighted by molar-refractivity contribution is -0.384. The van der Waals surface area contributed by atoms with Gasteiger partial charge in [0.2, 0.25) is 17.7 Å². The molecule has 12 rings (SSSR count). The Balaban J connectivity index is 0.552. The Morgan fingerprint density at radius 1 is 0.833 bits per heavy atom. The number of hydrogen-bond donors (Lipinski definition) is 6. The fraction of sp³-hybridized carbons (Fsp3) is 0.512. The average Bonchev–Trinajstić information content (AvgIpc) is 0.900. The zero-order chi connectivity index (χ0) is 76.4. The number of nitrogens with zero attached hydrogens (tertiary/aromatic N) is 8. The van der Waals surface area contributed by atoms with Crippen LogP contribution in [0, 0.1) is 33.8 Å². The first-order valence-corrected chi connectivity index (χ1v) is 41.3. The van der Waals surface area contributed by atoms with Crippen LogP contribution in [0.4, 0.5) is 17.1 Å². The molecule has 5 aliphatic rings. The first-order valence-electron chi connectivity index (χ1n) is 38.5. The fourth-order valence-corrected chi connectivity index (χ4v) is 18.0. The summed E-state index contributed by atoms with van der Waals surface area (Å²) in [5.41, 5.74) is 9.60. The summed E-state index contributed by atoms with van der Waals surface area (Å²) in [4.78, 5) is 91.6. The third-order valence-electron chi connectivity index (χ3n) is 22.6. The van der Waals surface area contributed by atoms with Crippen molar-refractivity contribution in [3.05, 3.63) is 158 Å². The number of fused-ring (bicyclic) bond motifs is 1. The summed E-state index contributed by atoms with van der Waals surface area (Å²) in [6, 6.07) is 27.0. The van der Waals surface area contributed by atoms with Crippen LogP contribution in [0.1, 0.15) is 171 Å². The van der Waals surface area contributed by atoms with E-state index in [0.29, 0.717) is 49.9 Å². The van der Waals surface area contributed by atoms with Crippen molar-refractivity contribution in [3.63, 3.8) is 0 Å². The topological polar surface area (TPSA) is 281 Å². The Morgan fingerprint density at radius 2 is 1.54 bits per heavy atom. The van der Waals surface area contributed by atoms with E-state index in [9.17, 15) is 42.8 Å². The number of ether oxygens (including phenoxy) is 1. The van der Waals surface area contributed by atoms with Crippen LogP contribution < -0.4 is 30.3 Å². The quantitative estimate of drug-likeness (QED) is 0.0144. The molecule has 26 heteroatoms. The Kier molecular flexibility index (Phi) is 25.8. The van der Waals surface area contributed by atoms with Crippen LogP contribution >= 0.6 is 22.9 Å². The number of aryl methyl sites for hydroxylation is 1. The molecule has 6 heterocycles. The van der Waals surface area contributed by atoms with E-state index in [-0.39, 0.29) is 65.1 Å². The Bertz CT molecular complexity index is 4460. The number of unbranched alkanes of at least 4 members (excludes halogenated alkanes) is 5. The number of aliphatic hydroxyl groups excluding tert-OH is 1. The number of piperazine rings is 2. The molecule has 1 saturated carbocycles. The molecule has 578 valence electrons. The number of sulfonamides is 1. The summed E-state index contributed by atoms with van der Waals surface area (Å²) in [7, 11) is -4.63. The van der Waals surface area contributed by atoms with Crippen molar-refractivity contribution in [2.75, 3.05) is 88.8 Å². The maximum Gasteiger partial charge on any atom is 0.293 e. The summed E-state index contributed by atoms with van der Waals surface area (Å²) in [5.74, 6) is -1.14. The smallest absolute Gasteiger partial charge is 0.293 e. The van der Waals surface area contributed by atoms with Gasteiger partial charge in [0.1, 0.15) is 34.9 Å². The van der Waals surface area contributed by atoms with Gasteiger partial charge in [-0.3, -0.25) is 39.1 Å². The number of thiazole rings is 1. The zero-order valence-electron chi connectivity index (χ0n) is 63.4. The highest BCUT2D eigenvalue weighted by atomic mass is 35.5. The number of aliphatic hydroxyl groups is 1. The number of carbonyl (C=O) groups is 4. The number of nitro groups is 1. The minimum absolute atomic E-state index is 0.0150. The second-order valence-corrected chi connectivity index (χ2v) is 35.1. The molecule has 6 N–H and O–H groups in total. The molecule has 108 heavy (non-hydrogen) atoms. The summed E-state index contributed by atoms with van der Waals surface area (Å²) < 4.78 is 36.8. The summed E-state index contributed by atoms with van der Waals surface area (Å²) >= 11 is 7.87. The number of amides is 4. The van der Waals surface area contributed by atoms with Crippen molar-refractivity contribution < 1.29 is 42.4 Å². The number of likely N-dealkylation sites (tertiary alicyclic amines) is 1. The number of H-pyrrole nitrogens is 1. The van der Waals surface area contributed by atoms with Crippen molar-refractivity contribution in [1.82, 2.24) is 49.9 Å². The number of anilines is 2. The molecule has 1 unspecified atom stereocenters. The molecule has 4 aromatic carbocycles. The van der Waals surface area contributed by atoms with Gasteiger partial charge in [-0.1, -0.05) is 114 Å². The summed E-state index contributed by atoms with van der Waals surface area (Å²) in [6.45, 7) is 23.7. The molecule has 7 aromatic rings. The van der Waals surface area contributed by atoms with E-state index in [1.54, 1.807) is 41.8 Å². The summed E-state index contributed by atoms with van der Waals surface area (Å²) in [6.07, 6.45) is 15.9. The lowest BCUT2D eigenvalue weighted by atomic mass is 9.72. The van der Waals surface area contributed by atoms with Gasteiger partial charge in [0.05, 0.1) is 49.8 Å². The SMILES string of the molecule is Cc1ncsc1-c1ccc([C@H](C)NC(=O)[C@@H]2C[C@@H](O)CN2C(=O)C(NC(=O)CCCCCCCCN2CCN(C3CCC(CNc4ccc(S(=O)(=O)NC(=O)c5ccc(N6CCN(CC7=C(c8ccc(Cl)cc8)CC(C)(C)CC7)CC6)cc5Oc5cnc6[nH]ccc6c5)cc4[N+](=O)[O-])CC3)CC2)C(C)(C)C)cc1. The molecule has 4 amide bonds.